The normalized spacial score (nSPS) is 24.0. The zero-order chi connectivity index (χ0) is 19.0. The third-order valence-electron chi connectivity index (χ3n) is 5.56. The number of rotatable bonds is 5. The number of fused-ring (bicyclic) bond motifs is 2. The minimum atomic E-state index is -3.87. The standard InChI is InChI=1S/C20H21FN2O3S/c21-16-6-8-17(9-7-16)23-27(25,26)18-3-1-2-15(12-18)20(24)22-19-11-13-4-5-14(19)10-13/h1-3,6-9,12-14,19,23H,4-5,10-11H2,(H,22,24)/t13?,14?,19-/m1/s1. The molecule has 0 aliphatic heterocycles. The largest absolute Gasteiger partial charge is 0.349 e. The lowest BCUT2D eigenvalue weighted by Gasteiger charge is -2.23. The number of benzene rings is 2. The summed E-state index contributed by atoms with van der Waals surface area (Å²) >= 11 is 0. The van der Waals surface area contributed by atoms with E-state index >= 15 is 0 Å². The van der Waals surface area contributed by atoms with Crippen molar-refractivity contribution in [2.45, 2.75) is 36.6 Å². The molecule has 0 aromatic heterocycles. The highest BCUT2D eigenvalue weighted by molar-refractivity contribution is 7.92. The molecule has 2 aromatic carbocycles. The lowest BCUT2D eigenvalue weighted by atomic mass is 9.95. The lowest BCUT2D eigenvalue weighted by molar-refractivity contribution is 0.0922. The number of nitrogens with one attached hydrogen (secondary N) is 2. The van der Waals surface area contributed by atoms with Gasteiger partial charge in [0.15, 0.2) is 0 Å². The first-order valence-corrected chi connectivity index (χ1v) is 10.6. The number of carbonyl (C=O) groups is 1. The van der Waals surface area contributed by atoms with Crippen LogP contribution in [0.5, 0.6) is 0 Å². The third kappa shape index (κ3) is 3.83. The van der Waals surface area contributed by atoms with Crippen LogP contribution in [0.2, 0.25) is 0 Å². The Morgan fingerprint density at radius 1 is 1.04 bits per heavy atom. The average molecular weight is 388 g/mol. The first-order chi connectivity index (χ1) is 12.9. The van der Waals surface area contributed by atoms with Crippen LogP contribution in [-0.2, 0) is 10.0 Å². The third-order valence-corrected chi connectivity index (χ3v) is 6.94. The number of halogens is 1. The molecule has 0 saturated heterocycles. The maximum atomic E-state index is 13.0. The Morgan fingerprint density at radius 2 is 1.81 bits per heavy atom. The van der Waals surface area contributed by atoms with Crippen LogP contribution in [0.15, 0.2) is 53.4 Å². The molecule has 2 saturated carbocycles. The van der Waals surface area contributed by atoms with Gasteiger partial charge in [-0.15, -0.1) is 0 Å². The van der Waals surface area contributed by atoms with Crippen molar-refractivity contribution in [3.63, 3.8) is 0 Å². The molecule has 2 fully saturated rings. The Labute approximate surface area is 158 Å². The molecule has 142 valence electrons. The number of hydrogen-bond donors (Lipinski definition) is 2. The Hall–Kier alpha value is -2.41. The van der Waals surface area contributed by atoms with Crippen LogP contribution in [0.3, 0.4) is 0 Å². The summed E-state index contributed by atoms with van der Waals surface area (Å²) in [4.78, 5) is 12.6. The fourth-order valence-corrected chi connectivity index (χ4v) is 5.31. The highest BCUT2D eigenvalue weighted by Gasteiger charge is 2.40. The summed E-state index contributed by atoms with van der Waals surface area (Å²) in [7, 11) is -3.87. The van der Waals surface area contributed by atoms with Crippen molar-refractivity contribution in [1.29, 1.82) is 0 Å². The maximum Gasteiger partial charge on any atom is 0.261 e. The summed E-state index contributed by atoms with van der Waals surface area (Å²) in [6, 6.07) is 11.2. The zero-order valence-corrected chi connectivity index (χ0v) is 15.5. The van der Waals surface area contributed by atoms with Gasteiger partial charge in [0.05, 0.1) is 4.90 Å². The fourth-order valence-electron chi connectivity index (χ4n) is 4.21. The molecule has 2 aromatic rings. The van der Waals surface area contributed by atoms with Crippen LogP contribution >= 0.6 is 0 Å². The molecule has 2 aliphatic carbocycles. The lowest BCUT2D eigenvalue weighted by Crippen LogP contribution is -2.38. The van der Waals surface area contributed by atoms with Gasteiger partial charge >= 0.3 is 0 Å². The van der Waals surface area contributed by atoms with Gasteiger partial charge in [-0.2, -0.15) is 0 Å². The fraction of sp³-hybridized carbons (Fsp3) is 0.350. The predicted octanol–water partition coefficient (Wildman–Crippen LogP) is 3.54. The minimum Gasteiger partial charge on any atom is -0.349 e. The molecule has 2 N–H and O–H groups in total. The summed E-state index contributed by atoms with van der Waals surface area (Å²) < 4.78 is 40.5. The summed E-state index contributed by atoms with van der Waals surface area (Å²) in [5.74, 6) is 0.571. The molecule has 1 amide bonds. The summed E-state index contributed by atoms with van der Waals surface area (Å²) in [6.07, 6.45) is 4.60. The van der Waals surface area contributed by atoms with E-state index in [0.717, 1.165) is 12.8 Å². The highest BCUT2D eigenvalue weighted by Crippen LogP contribution is 2.44. The number of carbonyl (C=O) groups excluding carboxylic acids is 1. The summed E-state index contributed by atoms with van der Waals surface area (Å²) in [5.41, 5.74) is 0.577. The zero-order valence-electron chi connectivity index (χ0n) is 14.7. The summed E-state index contributed by atoms with van der Waals surface area (Å²) in [6.45, 7) is 0. The molecule has 2 aliphatic rings. The van der Waals surface area contributed by atoms with Crippen LogP contribution < -0.4 is 10.0 Å². The summed E-state index contributed by atoms with van der Waals surface area (Å²) in [5, 5.41) is 3.07. The van der Waals surface area contributed by atoms with E-state index < -0.39 is 15.8 Å². The van der Waals surface area contributed by atoms with Gasteiger partial charge in [-0.1, -0.05) is 12.5 Å². The first kappa shape index (κ1) is 18.0. The highest BCUT2D eigenvalue weighted by atomic mass is 32.2. The van der Waals surface area contributed by atoms with Gasteiger partial charge in [-0.25, -0.2) is 12.8 Å². The minimum absolute atomic E-state index is 0.00702. The molecular weight excluding hydrogens is 367 g/mol. The van der Waals surface area contributed by atoms with Crippen molar-refractivity contribution in [3.8, 4) is 0 Å². The topological polar surface area (TPSA) is 75.3 Å². The van der Waals surface area contributed by atoms with Crippen molar-refractivity contribution < 1.29 is 17.6 Å². The van der Waals surface area contributed by atoms with E-state index in [-0.39, 0.29) is 22.5 Å². The van der Waals surface area contributed by atoms with Crippen molar-refractivity contribution in [3.05, 3.63) is 59.9 Å². The Morgan fingerprint density at radius 3 is 2.48 bits per heavy atom. The SMILES string of the molecule is O=C(N[C@@H]1CC2CCC1C2)c1cccc(S(=O)(=O)Nc2ccc(F)cc2)c1. The van der Waals surface area contributed by atoms with E-state index in [2.05, 4.69) is 10.0 Å². The number of sulfonamides is 1. The average Bonchev–Trinajstić information content (AvgIpc) is 3.27. The van der Waals surface area contributed by atoms with Crippen molar-refractivity contribution in [1.82, 2.24) is 5.32 Å². The van der Waals surface area contributed by atoms with E-state index in [1.165, 1.54) is 49.2 Å². The number of anilines is 1. The maximum absolute atomic E-state index is 13.0. The van der Waals surface area contributed by atoms with Gasteiger partial charge in [-0.3, -0.25) is 9.52 Å². The van der Waals surface area contributed by atoms with Crippen molar-refractivity contribution in [2.75, 3.05) is 4.72 Å². The molecule has 2 bridgehead atoms. The van der Waals surface area contributed by atoms with Crippen LogP contribution in [0.4, 0.5) is 10.1 Å². The van der Waals surface area contributed by atoms with Crippen LogP contribution in [0.1, 0.15) is 36.0 Å². The second-order valence-corrected chi connectivity index (χ2v) is 9.08. The van der Waals surface area contributed by atoms with Gasteiger partial charge in [0.25, 0.3) is 15.9 Å². The van der Waals surface area contributed by atoms with E-state index in [1.807, 2.05) is 0 Å². The first-order valence-electron chi connectivity index (χ1n) is 9.10. The second-order valence-electron chi connectivity index (χ2n) is 7.40. The molecule has 0 radical (unpaired) electrons. The quantitative estimate of drug-likeness (QED) is 0.823. The van der Waals surface area contributed by atoms with Crippen LogP contribution in [-0.4, -0.2) is 20.4 Å². The van der Waals surface area contributed by atoms with Gasteiger partial charge in [0.2, 0.25) is 0 Å². The molecule has 0 spiro atoms. The molecule has 0 heterocycles. The van der Waals surface area contributed by atoms with Gasteiger partial charge in [0.1, 0.15) is 5.82 Å². The smallest absolute Gasteiger partial charge is 0.261 e. The molecular formula is C20H21FN2O3S. The van der Waals surface area contributed by atoms with Crippen LogP contribution in [0.25, 0.3) is 0 Å². The van der Waals surface area contributed by atoms with E-state index in [0.29, 0.717) is 17.4 Å². The Balaban J connectivity index is 1.49. The van der Waals surface area contributed by atoms with E-state index in [1.54, 1.807) is 12.1 Å². The van der Waals surface area contributed by atoms with Crippen LogP contribution in [0, 0.1) is 17.7 Å². The number of amides is 1. The van der Waals surface area contributed by atoms with Crippen molar-refractivity contribution >= 4 is 21.6 Å². The molecule has 2 unspecified atom stereocenters. The van der Waals surface area contributed by atoms with E-state index in [4.69, 9.17) is 0 Å². The Bertz CT molecular complexity index is 959. The molecule has 27 heavy (non-hydrogen) atoms. The van der Waals surface area contributed by atoms with Gasteiger partial charge < -0.3 is 5.32 Å². The second kappa shape index (κ2) is 6.96. The predicted molar refractivity (Wildman–Crippen MR) is 100 cm³/mol. The van der Waals surface area contributed by atoms with E-state index in [9.17, 15) is 17.6 Å². The Kier molecular flexibility index (Phi) is 4.63. The van der Waals surface area contributed by atoms with Gasteiger partial charge in [0, 0.05) is 17.3 Å². The molecule has 7 heteroatoms. The molecule has 5 nitrogen and oxygen atoms in total. The molecule has 3 atom stereocenters. The van der Waals surface area contributed by atoms with Crippen molar-refractivity contribution in [2.24, 2.45) is 11.8 Å². The molecule has 4 rings (SSSR count). The van der Waals surface area contributed by atoms with Gasteiger partial charge in [-0.05, 0) is 73.6 Å². The monoisotopic (exact) mass is 388 g/mol. The number of hydrogen-bond acceptors (Lipinski definition) is 3.